The second kappa shape index (κ2) is 6.56. The Morgan fingerprint density at radius 3 is 2.50 bits per heavy atom. The second-order valence-corrected chi connectivity index (χ2v) is 7.56. The minimum atomic E-state index is -0.220. The van der Waals surface area contributed by atoms with Gasteiger partial charge in [0.15, 0.2) is 0 Å². The smallest absolute Gasteiger partial charge is 0.262 e. The first kappa shape index (κ1) is 17.1. The number of nitrogens with zero attached hydrogens (tertiary/aromatic N) is 2. The molecule has 3 heterocycles. The van der Waals surface area contributed by atoms with E-state index in [4.69, 9.17) is 4.74 Å². The molecule has 3 aromatic rings. The van der Waals surface area contributed by atoms with E-state index in [1.54, 1.807) is 28.8 Å². The summed E-state index contributed by atoms with van der Waals surface area (Å²) in [6.45, 7) is 3.49. The zero-order valence-corrected chi connectivity index (χ0v) is 15.5. The fourth-order valence-corrected chi connectivity index (χ4v) is 4.30. The molecule has 6 heteroatoms. The predicted octanol–water partition coefficient (Wildman–Crippen LogP) is 3.67. The summed E-state index contributed by atoms with van der Waals surface area (Å²) in [5.74, 6) is 1.24. The first-order valence-electron chi connectivity index (χ1n) is 9.74. The van der Waals surface area contributed by atoms with Crippen LogP contribution in [-0.4, -0.2) is 39.3 Å². The number of aromatic hydroxyl groups is 2. The lowest BCUT2D eigenvalue weighted by Crippen LogP contribution is -2.34. The lowest BCUT2D eigenvalue weighted by atomic mass is 9.96. The maximum atomic E-state index is 13.1. The van der Waals surface area contributed by atoms with Crippen molar-refractivity contribution >= 4 is 10.8 Å². The third kappa shape index (κ3) is 2.72. The van der Waals surface area contributed by atoms with Crippen molar-refractivity contribution in [2.75, 3.05) is 19.6 Å². The summed E-state index contributed by atoms with van der Waals surface area (Å²) in [4.78, 5) is 15.5. The van der Waals surface area contributed by atoms with Crippen molar-refractivity contribution in [1.82, 2.24) is 9.47 Å². The molecule has 1 aromatic heterocycles. The summed E-state index contributed by atoms with van der Waals surface area (Å²) in [6.07, 6.45) is 5.50. The van der Waals surface area contributed by atoms with Crippen molar-refractivity contribution in [3.05, 3.63) is 46.9 Å². The zero-order valence-electron chi connectivity index (χ0n) is 15.5. The van der Waals surface area contributed by atoms with Crippen LogP contribution in [0.3, 0.4) is 0 Å². The topological polar surface area (TPSA) is 74.9 Å². The molecular weight excluding hydrogens is 356 g/mol. The Labute approximate surface area is 162 Å². The van der Waals surface area contributed by atoms with Crippen molar-refractivity contribution in [3.8, 4) is 34.1 Å². The molecule has 5 rings (SSSR count). The molecule has 0 saturated carbocycles. The Hall–Kier alpha value is -2.99. The highest BCUT2D eigenvalue weighted by Crippen LogP contribution is 2.48. The normalized spacial score (nSPS) is 16.0. The molecule has 0 bridgehead atoms. The summed E-state index contributed by atoms with van der Waals surface area (Å²) < 4.78 is 7.61. The number of phenolic OH excluding ortho intramolecular Hbond substituents is 2. The van der Waals surface area contributed by atoms with Crippen molar-refractivity contribution in [3.63, 3.8) is 0 Å². The minimum Gasteiger partial charge on any atom is -0.508 e. The number of fused-ring (bicyclic) bond motifs is 2. The molecule has 2 N–H and O–H groups in total. The van der Waals surface area contributed by atoms with Crippen LogP contribution in [0.2, 0.25) is 0 Å². The van der Waals surface area contributed by atoms with Gasteiger partial charge >= 0.3 is 0 Å². The van der Waals surface area contributed by atoms with Crippen LogP contribution in [0.25, 0.3) is 21.9 Å². The Kier molecular flexibility index (Phi) is 4.02. The van der Waals surface area contributed by atoms with Crippen LogP contribution in [0, 0.1) is 0 Å². The third-order valence-corrected chi connectivity index (χ3v) is 5.75. The molecule has 1 fully saturated rings. The number of pyridine rings is 1. The van der Waals surface area contributed by atoms with E-state index in [0.29, 0.717) is 23.4 Å². The van der Waals surface area contributed by atoms with Gasteiger partial charge in [0.05, 0.1) is 5.39 Å². The van der Waals surface area contributed by atoms with Crippen LogP contribution < -0.4 is 10.3 Å². The van der Waals surface area contributed by atoms with E-state index in [1.165, 1.54) is 25.3 Å². The maximum Gasteiger partial charge on any atom is 0.262 e. The standard InChI is InChI=1S/C22H22N2O4/c25-14-4-6-18-15(12-14)16-13-24(11-10-23-8-2-1-3-9-23)22(27)21-17(26)5-7-19(28-18)20(16)21/h4-7,12-13,25-26H,1-3,8-11H2. The SMILES string of the molecule is O=c1c2c(O)ccc3c2c(cn1CCN1CCCCC1)-c1cc(O)ccc1O3. The average molecular weight is 378 g/mol. The van der Waals surface area contributed by atoms with Crippen LogP contribution in [0.15, 0.2) is 41.3 Å². The molecule has 0 atom stereocenters. The van der Waals surface area contributed by atoms with Crippen molar-refractivity contribution in [2.24, 2.45) is 0 Å². The summed E-state index contributed by atoms with van der Waals surface area (Å²) >= 11 is 0. The van der Waals surface area contributed by atoms with Gasteiger partial charge in [0.2, 0.25) is 0 Å². The largest absolute Gasteiger partial charge is 0.508 e. The van der Waals surface area contributed by atoms with Crippen LogP contribution in [0.1, 0.15) is 19.3 Å². The number of rotatable bonds is 3. The van der Waals surface area contributed by atoms with E-state index in [-0.39, 0.29) is 22.4 Å². The molecule has 0 unspecified atom stereocenters. The van der Waals surface area contributed by atoms with E-state index >= 15 is 0 Å². The molecule has 144 valence electrons. The molecular formula is C22H22N2O4. The fraction of sp³-hybridized carbons (Fsp3) is 0.318. The highest BCUT2D eigenvalue weighted by Gasteiger charge is 2.25. The molecule has 1 saturated heterocycles. The monoisotopic (exact) mass is 378 g/mol. The molecule has 6 nitrogen and oxygen atoms in total. The maximum absolute atomic E-state index is 13.1. The number of benzene rings is 2. The molecule has 0 radical (unpaired) electrons. The number of hydrogen-bond acceptors (Lipinski definition) is 5. The molecule has 2 aromatic carbocycles. The Bertz CT molecular complexity index is 1130. The van der Waals surface area contributed by atoms with Crippen LogP contribution in [0.5, 0.6) is 23.0 Å². The quantitative estimate of drug-likeness (QED) is 0.569. The van der Waals surface area contributed by atoms with Gasteiger partial charge in [-0.15, -0.1) is 0 Å². The van der Waals surface area contributed by atoms with E-state index in [9.17, 15) is 15.0 Å². The summed E-state index contributed by atoms with van der Waals surface area (Å²) in [5.41, 5.74) is 1.29. The highest BCUT2D eigenvalue weighted by molar-refractivity contribution is 6.05. The van der Waals surface area contributed by atoms with E-state index in [2.05, 4.69) is 4.90 Å². The van der Waals surface area contributed by atoms with Gasteiger partial charge in [-0.3, -0.25) is 4.79 Å². The minimum absolute atomic E-state index is 0.0514. The van der Waals surface area contributed by atoms with Crippen LogP contribution >= 0.6 is 0 Å². The number of piperidine rings is 1. The van der Waals surface area contributed by atoms with Gasteiger partial charge < -0.3 is 24.4 Å². The molecule has 28 heavy (non-hydrogen) atoms. The lowest BCUT2D eigenvalue weighted by molar-refractivity contribution is 0.220. The molecule has 0 amide bonds. The van der Waals surface area contributed by atoms with Crippen molar-refractivity contribution in [1.29, 1.82) is 0 Å². The van der Waals surface area contributed by atoms with Gasteiger partial charge in [0.1, 0.15) is 23.0 Å². The van der Waals surface area contributed by atoms with Crippen LogP contribution in [-0.2, 0) is 6.54 Å². The summed E-state index contributed by atoms with van der Waals surface area (Å²) in [5, 5.41) is 21.3. The van der Waals surface area contributed by atoms with Gasteiger partial charge in [-0.05, 0) is 56.3 Å². The third-order valence-electron chi connectivity index (χ3n) is 5.75. The first-order chi connectivity index (χ1) is 13.6. The van der Waals surface area contributed by atoms with E-state index in [1.807, 2.05) is 6.20 Å². The molecule has 0 spiro atoms. The lowest BCUT2D eigenvalue weighted by Gasteiger charge is -2.27. The molecule has 2 aliphatic rings. The zero-order chi connectivity index (χ0) is 19.3. The fourth-order valence-electron chi connectivity index (χ4n) is 4.30. The Morgan fingerprint density at radius 2 is 1.68 bits per heavy atom. The van der Waals surface area contributed by atoms with Crippen molar-refractivity contribution < 1.29 is 14.9 Å². The van der Waals surface area contributed by atoms with Gasteiger partial charge in [-0.2, -0.15) is 0 Å². The van der Waals surface area contributed by atoms with Gasteiger partial charge in [-0.1, -0.05) is 6.42 Å². The Morgan fingerprint density at radius 1 is 0.893 bits per heavy atom. The molecule has 2 aliphatic heterocycles. The average Bonchev–Trinajstić information content (AvgIpc) is 2.71. The number of phenols is 2. The highest BCUT2D eigenvalue weighted by atomic mass is 16.5. The van der Waals surface area contributed by atoms with Crippen LogP contribution in [0.4, 0.5) is 0 Å². The predicted molar refractivity (Wildman–Crippen MR) is 107 cm³/mol. The van der Waals surface area contributed by atoms with Gasteiger partial charge in [0, 0.05) is 35.8 Å². The van der Waals surface area contributed by atoms with Gasteiger partial charge in [-0.25, -0.2) is 0 Å². The number of likely N-dealkylation sites (tertiary alicyclic amines) is 1. The van der Waals surface area contributed by atoms with E-state index in [0.717, 1.165) is 30.8 Å². The second-order valence-electron chi connectivity index (χ2n) is 7.56. The number of aromatic nitrogens is 1. The summed E-state index contributed by atoms with van der Waals surface area (Å²) in [7, 11) is 0. The Balaban J connectivity index is 1.66. The number of ether oxygens (including phenoxy) is 1. The first-order valence-corrected chi connectivity index (χ1v) is 9.74. The number of hydrogen-bond donors (Lipinski definition) is 2. The van der Waals surface area contributed by atoms with E-state index < -0.39 is 0 Å². The summed E-state index contributed by atoms with van der Waals surface area (Å²) in [6, 6.07) is 8.11. The van der Waals surface area contributed by atoms with Crippen molar-refractivity contribution in [2.45, 2.75) is 25.8 Å². The molecule has 0 aliphatic carbocycles. The van der Waals surface area contributed by atoms with Gasteiger partial charge in [0.25, 0.3) is 5.56 Å².